The lowest BCUT2D eigenvalue weighted by atomic mass is 9.93. The standard InChI is InChI=1S/C17H24O6/c18-7-5-3-1-2-4-6-12-8-11-9-14(19)15(17(21)22)16(20)13(11)10-23-12/h9,12,18-20H,1-8,10H2,(H,21,22)/t12-/m0/s1. The lowest BCUT2D eigenvalue weighted by Gasteiger charge is -2.26. The number of rotatable bonds is 8. The Morgan fingerprint density at radius 1 is 1.17 bits per heavy atom. The molecule has 1 aliphatic heterocycles. The third-order valence-electron chi connectivity index (χ3n) is 4.29. The minimum Gasteiger partial charge on any atom is -0.507 e. The van der Waals surface area contributed by atoms with E-state index in [9.17, 15) is 15.0 Å². The fourth-order valence-electron chi connectivity index (χ4n) is 3.01. The summed E-state index contributed by atoms with van der Waals surface area (Å²) in [6, 6.07) is 1.43. The molecule has 1 aliphatic rings. The van der Waals surface area contributed by atoms with Crippen LogP contribution in [0.25, 0.3) is 0 Å². The molecular formula is C17H24O6. The van der Waals surface area contributed by atoms with Gasteiger partial charge in [-0.15, -0.1) is 0 Å². The third-order valence-corrected chi connectivity index (χ3v) is 4.29. The van der Waals surface area contributed by atoms with Gasteiger partial charge >= 0.3 is 5.97 Å². The monoisotopic (exact) mass is 324 g/mol. The number of carboxylic acids is 1. The summed E-state index contributed by atoms with van der Waals surface area (Å²) in [5, 5.41) is 37.6. The molecule has 0 amide bonds. The van der Waals surface area contributed by atoms with E-state index in [1.807, 2.05) is 0 Å². The van der Waals surface area contributed by atoms with Crippen LogP contribution in [-0.4, -0.2) is 39.1 Å². The van der Waals surface area contributed by atoms with Crippen molar-refractivity contribution in [3.8, 4) is 11.5 Å². The van der Waals surface area contributed by atoms with Crippen LogP contribution in [0.15, 0.2) is 6.07 Å². The number of aromatic hydroxyl groups is 2. The maximum Gasteiger partial charge on any atom is 0.343 e. The second kappa shape index (κ2) is 8.17. The minimum absolute atomic E-state index is 0.0230. The Kier molecular flexibility index (Phi) is 6.24. The molecule has 128 valence electrons. The van der Waals surface area contributed by atoms with Crippen LogP contribution in [-0.2, 0) is 17.8 Å². The second-order valence-electron chi connectivity index (χ2n) is 5.98. The van der Waals surface area contributed by atoms with Crippen LogP contribution in [0.3, 0.4) is 0 Å². The number of fused-ring (bicyclic) bond motifs is 1. The number of aliphatic hydroxyl groups excluding tert-OH is 1. The highest BCUT2D eigenvalue weighted by Gasteiger charge is 2.27. The molecule has 23 heavy (non-hydrogen) atoms. The number of ether oxygens (including phenoxy) is 1. The number of phenols is 2. The molecular weight excluding hydrogens is 300 g/mol. The number of benzene rings is 1. The van der Waals surface area contributed by atoms with E-state index in [-0.39, 0.29) is 19.3 Å². The molecule has 0 saturated heterocycles. The molecule has 0 radical (unpaired) electrons. The molecule has 6 nitrogen and oxygen atoms in total. The van der Waals surface area contributed by atoms with Crippen LogP contribution in [0.2, 0.25) is 0 Å². The average Bonchev–Trinajstić information content (AvgIpc) is 2.50. The van der Waals surface area contributed by atoms with E-state index in [0.717, 1.165) is 44.1 Å². The van der Waals surface area contributed by atoms with E-state index in [0.29, 0.717) is 12.0 Å². The summed E-state index contributed by atoms with van der Waals surface area (Å²) < 4.78 is 5.71. The van der Waals surface area contributed by atoms with Crippen molar-refractivity contribution in [3.05, 3.63) is 22.8 Å². The Morgan fingerprint density at radius 2 is 1.87 bits per heavy atom. The average molecular weight is 324 g/mol. The van der Waals surface area contributed by atoms with Crippen molar-refractivity contribution in [1.29, 1.82) is 0 Å². The minimum atomic E-state index is -1.35. The highest BCUT2D eigenvalue weighted by molar-refractivity contribution is 5.94. The Balaban J connectivity index is 1.92. The van der Waals surface area contributed by atoms with E-state index in [1.165, 1.54) is 6.07 Å². The first-order chi connectivity index (χ1) is 11.0. The molecule has 0 fully saturated rings. The highest BCUT2D eigenvalue weighted by atomic mass is 16.5. The maximum absolute atomic E-state index is 11.1. The Bertz CT molecular complexity index is 555. The third kappa shape index (κ3) is 4.36. The predicted molar refractivity (Wildman–Crippen MR) is 83.8 cm³/mol. The van der Waals surface area contributed by atoms with Gasteiger partial charge in [0.25, 0.3) is 0 Å². The summed E-state index contributed by atoms with van der Waals surface area (Å²) in [6.45, 7) is 0.407. The number of aliphatic hydroxyl groups is 1. The molecule has 0 saturated carbocycles. The van der Waals surface area contributed by atoms with E-state index in [1.54, 1.807) is 0 Å². The quantitative estimate of drug-likeness (QED) is 0.548. The number of hydrogen-bond acceptors (Lipinski definition) is 5. The van der Waals surface area contributed by atoms with Crippen molar-refractivity contribution in [2.24, 2.45) is 0 Å². The van der Waals surface area contributed by atoms with Gasteiger partial charge in [-0.1, -0.05) is 25.7 Å². The molecule has 1 atom stereocenters. The van der Waals surface area contributed by atoms with E-state index < -0.39 is 23.0 Å². The zero-order chi connectivity index (χ0) is 16.8. The molecule has 0 unspecified atom stereocenters. The Labute approximate surface area is 135 Å². The maximum atomic E-state index is 11.1. The van der Waals surface area contributed by atoms with E-state index in [2.05, 4.69) is 0 Å². The Hall–Kier alpha value is -1.79. The first kappa shape index (κ1) is 17.6. The van der Waals surface area contributed by atoms with Crippen molar-refractivity contribution in [1.82, 2.24) is 0 Å². The lowest BCUT2D eigenvalue weighted by molar-refractivity contribution is 0.0202. The summed E-state index contributed by atoms with van der Waals surface area (Å²) in [7, 11) is 0. The molecule has 0 bridgehead atoms. The molecule has 0 spiro atoms. The second-order valence-corrected chi connectivity index (χ2v) is 5.98. The van der Waals surface area contributed by atoms with Crippen LogP contribution in [0.4, 0.5) is 0 Å². The zero-order valence-electron chi connectivity index (χ0n) is 13.1. The van der Waals surface area contributed by atoms with Gasteiger partial charge in [0.05, 0.1) is 12.7 Å². The van der Waals surface area contributed by atoms with Crippen LogP contribution in [0.1, 0.15) is 60.0 Å². The molecule has 1 aromatic rings. The van der Waals surface area contributed by atoms with Gasteiger partial charge in [0, 0.05) is 12.2 Å². The van der Waals surface area contributed by atoms with Gasteiger partial charge in [0.2, 0.25) is 0 Å². The van der Waals surface area contributed by atoms with Crippen LogP contribution in [0, 0.1) is 0 Å². The first-order valence-corrected chi connectivity index (χ1v) is 8.07. The molecule has 0 aliphatic carbocycles. The number of unbranched alkanes of at least 4 members (excludes halogenated alkanes) is 4. The molecule has 1 heterocycles. The Morgan fingerprint density at radius 3 is 2.57 bits per heavy atom. The smallest absolute Gasteiger partial charge is 0.343 e. The topological polar surface area (TPSA) is 107 Å². The largest absolute Gasteiger partial charge is 0.507 e. The summed E-state index contributed by atoms with van der Waals surface area (Å²) in [5.74, 6) is -2.15. The van der Waals surface area contributed by atoms with Crippen LogP contribution < -0.4 is 0 Å². The molecule has 4 N–H and O–H groups in total. The number of carboxylic acid groups (broad SMARTS) is 1. The fraction of sp³-hybridized carbons (Fsp3) is 0.588. The number of aromatic carboxylic acids is 1. The molecule has 1 aromatic carbocycles. The van der Waals surface area contributed by atoms with Gasteiger partial charge in [-0.25, -0.2) is 4.79 Å². The lowest BCUT2D eigenvalue weighted by Crippen LogP contribution is -2.23. The van der Waals surface area contributed by atoms with Crippen molar-refractivity contribution >= 4 is 5.97 Å². The zero-order valence-corrected chi connectivity index (χ0v) is 13.1. The van der Waals surface area contributed by atoms with E-state index >= 15 is 0 Å². The summed E-state index contributed by atoms with van der Waals surface area (Å²) in [6.07, 6.45) is 6.55. The van der Waals surface area contributed by atoms with E-state index in [4.69, 9.17) is 14.9 Å². The summed E-state index contributed by atoms with van der Waals surface area (Å²) >= 11 is 0. The number of hydrogen-bond donors (Lipinski definition) is 4. The van der Waals surface area contributed by atoms with Crippen molar-refractivity contribution in [2.75, 3.05) is 6.61 Å². The molecule has 2 rings (SSSR count). The van der Waals surface area contributed by atoms with Gasteiger partial charge in [0.1, 0.15) is 17.1 Å². The molecule has 0 aromatic heterocycles. The fourth-order valence-corrected chi connectivity index (χ4v) is 3.01. The van der Waals surface area contributed by atoms with Gasteiger partial charge in [0.15, 0.2) is 0 Å². The van der Waals surface area contributed by atoms with Crippen molar-refractivity contribution < 1.29 is 30.0 Å². The first-order valence-electron chi connectivity index (χ1n) is 8.07. The van der Waals surface area contributed by atoms with Crippen LogP contribution >= 0.6 is 0 Å². The van der Waals surface area contributed by atoms with Gasteiger partial charge in [-0.3, -0.25) is 0 Å². The van der Waals surface area contributed by atoms with Gasteiger partial charge in [-0.2, -0.15) is 0 Å². The van der Waals surface area contributed by atoms with Gasteiger partial charge in [-0.05, 0) is 30.9 Å². The van der Waals surface area contributed by atoms with Crippen LogP contribution in [0.5, 0.6) is 11.5 Å². The summed E-state index contributed by atoms with van der Waals surface area (Å²) in [4.78, 5) is 11.1. The van der Waals surface area contributed by atoms with Crippen molar-refractivity contribution in [3.63, 3.8) is 0 Å². The summed E-state index contributed by atoms with van der Waals surface area (Å²) in [5.41, 5.74) is 0.746. The predicted octanol–water partition coefficient (Wildman–Crippen LogP) is 2.57. The normalized spacial score (nSPS) is 17.0. The highest BCUT2D eigenvalue weighted by Crippen LogP contribution is 2.37. The van der Waals surface area contributed by atoms with Gasteiger partial charge < -0.3 is 25.2 Å². The van der Waals surface area contributed by atoms with Crippen molar-refractivity contribution in [2.45, 2.75) is 57.7 Å². The number of carbonyl (C=O) groups is 1. The SMILES string of the molecule is O=C(O)c1c(O)cc2c(c1O)CO[C@@H](CCCCCCCO)C2. The molecule has 6 heteroatoms.